The van der Waals surface area contributed by atoms with Crippen molar-refractivity contribution in [1.29, 1.82) is 0 Å². The number of aromatic nitrogens is 3. The highest BCUT2D eigenvalue weighted by molar-refractivity contribution is 7.99. The van der Waals surface area contributed by atoms with E-state index in [1.165, 1.54) is 11.8 Å². The third kappa shape index (κ3) is 4.05. The van der Waals surface area contributed by atoms with E-state index in [0.29, 0.717) is 16.7 Å². The lowest BCUT2D eigenvalue weighted by Gasteiger charge is -2.20. The summed E-state index contributed by atoms with van der Waals surface area (Å²) in [6.07, 6.45) is 1.75. The number of thioether (sulfide) groups is 1. The van der Waals surface area contributed by atoms with Gasteiger partial charge in [0.1, 0.15) is 0 Å². The Balaban J connectivity index is 1.42. The van der Waals surface area contributed by atoms with Gasteiger partial charge in [-0.25, -0.2) is 0 Å². The van der Waals surface area contributed by atoms with Crippen LogP contribution in [0.3, 0.4) is 0 Å². The van der Waals surface area contributed by atoms with Gasteiger partial charge in [0.15, 0.2) is 5.78 Å². The van der Waals surface area contributed by atoms with Crippen LogP contribution in [0.2, 0.25) is 0 Å². The Morgan fingerprint density at radius 2 is 1.83 bits per heavy atom. The highest BCUT2D eigenvalue weighted by atomic mass is 32.2. The summed E-state index contributed by atoms with van der Waals surface area (Å²) in [4.78, 5) is 18.0. The third-order valence-corrected chi connectivity index (χ3v) is 5.68. The molecule has 4 rings (SSSR count). The number of ketones is 1. The van der Waals surface area contributed by atoms with Crippen LogP contribution in [-0.2, 0) is 0 Å². The molecule has 0 atom stereocenters. The summed E-state index contributed by atoms with van der Waals surface area (Å²) in [5.41, 5.74) is 3.66. The molecule has 7 heteroatoms. The minimum absolute atomic E-state index is 0.0239. The molecule has 0 fully saturated rings. The van der Waals surface area contributed by atoms with Crippen LogP contribution in [0.4, 0.5) is 5.69 Å². The molecule has 0 aliphatic carbocycles. The van der Waals surface area contributed by atoms with Crippen molar-refractivity contribution in [2.75, 3.05) is 23.7 Å². The number of Topliss-reactive ketones (excluding diaryl/α,β-unsaturated/α-hetero) is 1. The third-order valence-electron chi connectivity index (χ3n) is 4.87. The van der Waals surface area contributed by atoms with Gasteiger partial charge in [0.2, 0.25) is 5.89 Å². The van der Waals surface area contributed by atoms with Gasteiger partial charge in [0, 0.05) is 47.0 Å². The van der Waals surface area contributed by atoms with E-state index in [-0.39, 0.29) is 11.5 Å². The molecule has 0 amide bonds. The molecule has 4 aromatic rings. The second-order valence-corrected chi connectivity index (χ2v) is 7.48. The SMILES string of the molecule is CCN(CC)c1ccc(-c2nnc(SCC(=O)c3c[nH]c4ccccc34)o2)cc1. The molecule has 0 saturated carbocycles. The quantitative estimate of drug-likeness (QED) is 0.326. The number of nitrogens with one attached hydrogen (secondary N) is 1. The van der Waals surface area contributed by atoms with Crippen LogP contribution in [0.1, 0.15) is 24.2 Å². The lowest BCUT2D eigenvalue weighted by atomic mass is 10.1. The molecule has 0 radical (unpaired) electrons. The zero-order chi connectivity index (χ0) is 20.2. The molecule has 0 aliphatic rings. The van der Waals surface area contributed by atoms with Crippen molar-refractivity contribution in [2.24, 2.45) is 0 Å². The van der Waals surface area contributed by atoms with E-state index in [0.717, 1.165) is 35.2 Å². The number of hydrogen-bond acceptors (Lipinski definition) is 6. The number of nitrogens with zero attached hydrogens (tertiary/aromatic N) is 3. The number of hydrogen-bond donors (Lipinski definition) is 1. The summed E-state index contributed by atoms with van der Waals surface area (Å²) >= 11 is 1.25. The van der Waals surface area contributed by atoms with Crippen molar-refractivity contribution in [3.05, 3.63) is 60.3 Å². The standard InChI is InChI=1S/C22H22N4O2S/c1-3-26(4-2)16-11-9-15(10-12-16)21-24-25-22(28-21)29-14-20(27)18-13-23-19-8-6-5-7-17(18)19/h5-13,23H,3-4,14H2,1-2H3. The first kappa shape index (κ1) is 19.3. The van der Waals surface area contributed by atoms with Crippen LogP contribution >= 0.6 is 11.8 Å². The molecule has 0 spiro atoms. The number of carbonyl (C=O) groups excluding carboxylic acids is 1. The van der Waals surface area contributed by atoms with Crippen molar-refractivity contribution < 1.29 is 9.21 Å². The summed E-state index contributed by atoms with van der Waals surface area (Å²) in [6.45, 7) is 6.19. The number of carbonyl (C=O) groups is 1. The molecular weight excluding hydrogens is 384 g/mol. The fourth-order valence-corrected chi connectivity index (χ4v) is 3.94. The van der Waals surface area contributed by atoms with Gasteiger partial charge < -0.3 is 14.3 Å². The summed E-state index contributed by atoms with van der Waals surface area (Å²) in [6, 6.07) is 15.8. The lowest BCUT2D eigenvalue weighted by molar-refractivity contribution is 0.102. The molecule has 148 valence electrons. The van der Waals surface area contributed by atoms with E-state index in [1.54, 1.807) is 6.20 Å². The maximum absolute atomic E-state index is 12.6. The normalized spacial score (nSPS) is 11.1. The Hall–Kier alpha value is -3.06. The van der Waals surface area contributed by atoms with E-state index in [1.807, 2.05) is 36.4 Å². The Labute approximate surface area is 173 Å². The lowest BCUT2D eigenvalue weighted by Crippen LogP contribution is -2.21. The molecule has 29 heavy (non-hydrogen) atoms. The van der Waals surface area contributed by atoms with Crippen molar-refractivity contribution >= 4 is 34.1 Å². The van der Waals surface area contributed by atoms with Gasteiger partial charge in [-0.1, -0.05) is 30.0 Å². The highest BCUT2D eigenvalue weighted by Crippen LogP contribution is 2.27. The summed E-state index contributed by atoms with van der Waals surface area (Å²) < 4.78 is 5.75. The molecule has 0 saturated heterocycles. The molecule has 2 aromatic heterocycles. The van der Waals surface area contributed by atoms with Gasteiger partial charge in [0.05, 0.1) is 5.75 Å². The Bertz CT molecular complexity index is 1110. The molecular formula is C22H22N4O2S. The van der Waals surface area contributed by atoms with Crippen LogP contribution in [0.5, 0.6) is 0 Å². The van der Waals surface area contributed by atoms with E-state index >= 15 is 0 Å². The number of benzene rings is 2. The fraction of sp³-hybridized carbons (Fsp3) is 0.227. The van der Waals surface area contributed by atoms with Crippen LogP contribution in [0.15, 0.2) is 64.4 Å². The van der Waals surface area contributed by atoms with Gasteiger partial charge in [-0.05, 0) is 44.2 Å². The summed E-state index contributed by atoms with van der Waals surface area (Å²) in [5.74, 6) is 0.721. The zero-order valence-corrected chi connectivity index (χ0v) is 17.2. The van der Waals surface area contributed by atoms with Crippen molar-refractivity contribution in [3.8, 4) is 11.5 Å². The zero-order valence-electron chi connectivity index (χ0n) is 16.4. The van der Waals surface area contributed by atoms with Crippen LogP contribution in [-0.4, -0.2) is 39.8 Å². The monoisotopic (exact) mass is 406 g/mol. The first-order valence-electron chi connectivity index (χ1n) is 9.60. The minimum atomic E-state index is 0.0239. The average molecular weight is 407 g/mol. The van der Waals surface area contributed by atoms with Crippen LogP contribution in [0, 0.1) is 0 Å². The second kappa shape index (κ2) is 8.53. The van der Waals surface area contributed by atoms with Gasteiger partial charge in [-0.15, -0.1) is 10.2 Å². The number of H-pyrrole nitrogens is 1. The molecule has 1 N–H and O–H groups in total. The molecule has 2 aromatic carbocycles. The maximum Gasteiger partial charge on any atom is 0.277 e. The van der Waals surface area contributed by atoms with Gasteiger partial charge in [-0.2, -0.15) is 0 Å². The first-order chi connectivity index (χ1) is 14.2. The first-order valence-corrected chi connectivity index (χ1v) is 10.6. The maximum atomic E-state index is 12.6. The summed E-state index contributed by atoms with van der Waals surface area (Å²) in [7, 11) is 0. The predicted octanol–water partition coefficient (Wildman–Crippen LogP) is 5.04. The minimum Gasteiger partial charge on any atom is -0.411 e. The molecule has 2 heterocycles. The van der Waals surface area contributed by atoms with E-state index in [4.69, 9.17) is 4.42 Å². The summed E-state index contributed by atoms with van der Waals surface area (Å²) in [5, 5.41) is 9.52. The number of anilines is 1. The molecule has 0 aliphatic heterocycles. The second-order valence-electron chi connectivity index (χ2n) is 6.55. The van der Waals surface area contributed by atoms with Gasteiger partial charge in [0.25, 0.3) is 5.22 Å². The van der Waals surface area contributed by atoms with Gasteiger partial charge in [-0.3, -0.25) is 4.79 Å². The Kier molecular flexibility index (Phi) is 5.67. The number of rotatable bonds is 8. The topological polar surface area (TPSA) is 75.0 Å². The number of fused-ring (bicyclic) bond motifs is 1. The Morgan fingerprint density at radius 3 is 2.59 bits per heavy atom. The fourth-order valence-electron chi connectivity index (χ4n) is 3.30. The number of para-hydroxylation sites is 1. The van der Waals surface area contributed by atoms with Crippen LogP contribution < -0.4 is 4.90 Å². The average Bonchev–Trinajstić information content (AvgIpc) is 3.41. The smallest absolute Gasteiger partial charge is 0.277 e. The van der Waals surface area contributed by atoms with E-state index < -0.39 is 0 Å². The van der Waals surface area contributed by atoms with E-state index in [2.05, 4.69) is 46.1 Å². The van der Waals surface area contributed by atoms with Crippen LogP contribution in [0.25, 0.3) is 22.4 Å². The van der Waals surface area contributed by atoms with Crippen molar-refractivity contribution in [3.63, 3.8) is 0 Å². The predicted molar refractivity (Wildman–Crippen MR) is 117 cm³/mol. The number of aromatic amines is 1. The van der Waals surface area contributed by atoms with Crippen molar-refractivity contribution in [2.45, 2.75) is 19.1 Å². The van der Waals surface area contributed by atoms with Crippen molar-refractivity contribution in [1.82, 2.24) is 15.2 Å². The largest absolute Gasteiger partial charge is 0.411 e. The Morgan fingerprint density at radius 1 is 1.07 bits per heavy atom. The molecule has 0 bridgehead atoms. The molecule has 6 nitrogen and oxygen atoms in total. The van der Waals surface area contributed by atoms with E-state index in [9.17, 15) is 4.79 Å². The van der Waals surface area contributed by atoms with Gasteiger partial charge >= 0.3 is 0 Å². The molecule has 0 unspecified atom stereocenters. The highest BCUT2D eigenvalue weighted by Gasteiger charge is 2.15.